The van der Waals surface area contributed by atoms with E-state index in [2.05, 4.69) is 58.4 Å². The summed E-state index contributed by atoms with van der Waals surface area (Å²) < 4.78 is 0. The summed E-state index contributed by atoms with van der Waals surface area (Å²) in [4.78, 5) is 31.5. The topological polar surface area (TPSA) is 81.8 Å². The van der Waals surface area contributed by atoms with Crippen LogP contribution in [0, 0.1) is 5.92 Å². The summed E-state index contributed by atoms with van der Waals surface area (Å²) in [5.41, 5.74) is 7.80. The molecule has 9 heteroatoms. The molecule has 3 aromatic rings. The highest BCUT2D eigenvalue weighted by Gasteiger charge is 2.29. The number of hydrogen-bond donors (Lipinski definition) is 1. The van der Waals surface area contributed by atoms with Crippen molar-refractivity contribution < 1.29 is 4.79 Å². The van der Waals surface area contributed by atoms with E-state index in [4.69, 9.17) is 15.7 Å². The molecule has 36 heavy (non-hydrogen) atoms. The Labute approximate surface area is 217 Å². The van der Waals surface area contributed by atoms with Gasteiger partial charge in [0, 0.05) is 50.2 Å². The van der Waals surface area contributed by atoms with Gasteiger partial charge in [0.2, 0.25) is 11.9 Å². The second-order valence-corrected chi connectivity index (χ2v) is 11.3. The van der Waals surface area contributed by atoms with Crippen molar-refractivity contribution in [3.63, 3.8) is 0 Å². The maximum absolute atomic E-state index is 11.6. The maximum atomic E-state index is 11.6. The van der Waals surface area contributed by atoms with Gasteiger partial charge in [-0.25, -0.2) is 4.98 Å². The molecule has 0 saturated carbocycles. The van der Waals surface area contributed by atoms with Gasteiger partial charge in [-0.05, 0) is 51.4 Å². The molecule has 2 aromatic heterocycles. The normalized spacial score (nSPS) is 19.4. The quantitative estimate of drug-likeness (QED) is 0.502. The Morgan fingerprint density at radius 3 is 2.53 bits per heavy atom. The highest BCUT2D eigenvalue weighted by Crippen LogP contribution is 2.40. The molecule has 1 unspecified atom stereocenters. The number of likely N-dealkylation sites (tertiary alicyclic amines) is 1. The number of hydrogen-bond acceptors (Lipinski definition) is 8. The largest absolute Gasteiger partial charge is 0.368 e. The number of aromatic nitrogens is 2. The number of primary amides is 1. The first-order valence-corrected chi connectivity index (χ1v) is 13.7. The summed E-state index contributed by atoms with van der Waals surface area (Å²) in [6.45, 7) is 5.57. The number of benzene rings is 1. The number of rotatable bonds is 8. The van der Waals surface area contributed by atoms with Crippen LogP contribution in [0.25, 0.3) is 21.3 Å². The standard InChI is InChI=1S/C27H37N7OS/c1-31-12-11-21(16-31)32(2)15-19-9-13-34(14-10-19)25-24-22(20-7-5-4-6-8-20)18-36-26(24)30-27(29-25)33(3)17-23(28)35/h4-8,18-19,21H,9-17H2,1-3H3,(H2,28,35). The van der Waals surface area contributed by atoms with E-state index in [1.165, 1.54) is 30.6 Å². The molecule has 0 bridgehead atoms. The monoisotopic (exact) mass is 507 g/mol. The van der Waals surface area contributed by atoms with E-state index < -0.39 is 5.91 Å². The van der Waals surface area contributed by atoms with Gasteiger partial charge in [0.1, 0.15) is 10.6 Å². The molecule has 1 amide bonds. The molecular weight excluding hydrogens is 470 g/mol. The average molecular weight is 508 g/mol. The van der Waals surface area contributed by atoms with E-state index in [-0.39, 0.29) is 6.54 Å². The van der Waals surface area contributed by atoms with Crippen LogP contribution in [0.2, 0.25) is 0 Å². The zero-order valence-electron chi connectivity index (χ0n) is 21.6. The van der Waals surface area contributed by atoms with Crippen molar-refractivity contribution in [2.75, 3.05) is 70.2 Å². The van der Waals surface area contributed by atoms with Gasteiger partial charge in [-0.15, -0.1) is 11.3 Å². The van der Waals surface area contributed by atoms with Crippen molar-refractivity contribution in [1.82, 2.24) is 19.8 Å². The van der Waals surface area contributed by atoms with Gasteiger partial charge in [0.05, 0.1) is 11.9 Å². The predicted octanol–water partition coefficient (Wildman–Crippen LogP) is 3.13. The molecule has 2 aliphatic heterocycles. The number of carbonyl (C=O) groups excluding carboxylic acids is 1. The molecule has 1 atom stereocenters. The van der Waals surface area contributed by atoms with Crippen molar-refractivity contribution in [2.24, 2.45) is 11.7 Å². The van der Waals surface area contributed by atoms with E-state index in [0.717, 1.165) is 48.5 Å². The number of amides is 1. The summed E-state index contributed by atoms with van der Waals surface area (Å²) >= 11 is 1.63. The van der Waals surface area contributed by atoms with E-state index in [1.807, 2.05) is 13.1 Å². The molecule has 2 N–H and O–H groups in total. The predicted molar refractivity (Wildman–Crippen MR) is 149 cm³/mol. The van der Waals surface area contributed by atoms with E-state index in [0.29, 0.717) is 17.9 Å². The van der Waals surface area contributed by atoms with Crippen LogP contribution in [-0.2, 0) is 4.79 Å². The number of nitrogens with two attached hydrogens (primary N) is 1. The van der Waals surface area contributed by atoms with E-state index >= 15 is 0 Å². The lowest BCUT2D eigenvalue weighted by Crippen LogP contribution is -2.42. The van der Waals surface area contributed by atoms with Crippen molar-refractivity contribution in [1.29, 1.82) is 0 Å². The number of likely N-dealkylation sites (N-methyl/N-ethyl adjacent to an activating group) is 3. The van der Waals surface area contributed by atoms with Gasteiger partial charge in [-0.3, -0.25) is 4.79 Å². The van der Waals surface area contributed by atoms with Crippen LogP contribution in [-0.4, -0.2) is 92.1 Å². The third-order valence-corrected chi connectivity index (χ3v) is 8.54. The molecule has 2 aliphatic rings. The fraction of sp³-hybridized carbons (Fsp3) is 0.519. The molecular formula is C27H37N7OS. The first-order chi connectivity index (χ1) is 17.4. The van der Waals surface area contributed by atoms with Crippen molar-refractivity contribution in [3.05, 3.63) is 35.7 Å². The average Bonchev–Trinajstić information content (AvgIpc) is 3.50. The van der Waals surface area contributed by atoms with E-state index in [1.54, 1.807) is 16.2 Å². The summed E-state index contributed by atoms with van der Waals surface area (Å²) in [5, 5.41) is 3.28. The third kappa shape index (κ3) is 5.33. The Bertz CT molecular complexity index is 1190. The molecule has 192 valence electrons. The molecule has 4 heterocycles. The van der Waals surface area contributed by atoms with Gasteiger partial charge in [-0.1, -0.05) is 30.3 Å². The highest BCUT2D eigenvalue weighted by molar-refractivity contribution is 7.17. The zero-order chi connectivity index (χ0) is 25.2. The number of nitrogens with zero attached hydrogens (tertiary/aromatic N) is 6. The number of thiophene rings is 1. The summed E-state index contributed by atoms with van der Waals surface area (Å²) in [7, 11) is 6.34. The fourth-order valence-electron chi connectivity index (χ4n) is 5.60. The van der Waals surface area contributed by atoms with Crippen molar-refractivity contribution in [3.8, 4) is 11.1 Å². The fourth-order valence-corrected chi connectivity index (χ4v) is 6.54. The first-order valence-electron chi connectivity index (χ1n) is 12.9. The molecule has 5 rings (SSSR count). The molecule has 2 fully saturated rings. The summed E-state index contributed by atoms with van der Waals surface area (Å²) in [6, 6.07) is 11.1. The lowest BCUT2D eigenvalue weighted by molar-refractivity contribution is -0.116. The maximum Gasteiger partial charge on any atom is 0.237 e. The smallest absolute Gasteiger partial charge is 0.237 e. The van der Waals surface area contributed by atoms with Crippen LogP contribution >= 0.6 is 11.3 Å². The third-order valence-electron chi connectivity index (χ3n) is 7.67. The number of carbonyl (C=O) groups is 1. The Morgan fingerprint density at radius 2 is 1.86 bits per heavy atom. The lowest BCUT2D eigenvalue weighted by Gasteiger charge is -2.36. The second-order valence-electron chi connectivity index (χ2n) is 10.4. The molecule has 2 saturated heterocycles. The van der Waals surface area contributed by atoms with Gasteiger partial charge in [-0.2, -0.15) is 4.98 Å². The Hall–Kier alpha value is -2.75. The van der Waals surface area contributed by atoms with Crippen molar-refractivity contribution >= 4 is 39.2 Å². The Morgan fingerprint density at radius 1 is 1.11 bits per heavy atom. The van der Waals surface area contributed by atoms with Crippen molar-refractivity contribution in [2.45, 2.75) is 25.3 Å². The molecule has 8 nitrogen and oxygen atoms in total. The minimum absolute atomic E-state index is 0.0899. The first kappa shape index (κ1) is 24.9. The minimum Gasteiger partial charge on any atom is -0.368 e. The van der Waals surface area contributed by atoms with Crippen LogP contribution < -0.4 is 15.5 Å². The highest BCUT2D eigenvalue weighted by atomic mass is 32.1. The lowest BCUT2D eigenvalue weighted by atomic mass is 9.95. The molecule has 0 aliphatic carbocycles. The number of piperidine rings is 1. The van der Waals surface area contributed by atoms with Gasteiger partial charge < -0.3 is 25.3 Å². The number of anilines is 2. The molecule has 1 aromatic carbocycles. The van der Waals surface area contributed by atoms with Crippen LogP contribution in [0.15, 0.2) is 35.7 Å². The summed E-state index contributed by atoms with van der Waals surface area (Å²) in [5.74, 6) is 1.82. The van der Waals surface area contributed by atoms with Gasteiger partial charge in [0.25, 0.3) is 0 Å². The van der Waals surface area contributed by atoms with Crippen LogP contribution in [0.5, 0.6) is 0 Å². The number of fused-ring (bicyclic) bond motifs is 1. The minimum atomic E-state index is -0.391. The van der Waals surface area contributed by atoms with Gasteiger partial charge >= 0.3 is 0 Å². The molecule has 0 radical (unpaired) electrons. The van der Waals surface area contributed by atoms with Crippen LogP contribution in [0.3, 0.4) is 0 Å². The SMILES string of the molecule is CN1CCC(N(C)CC2CCN(c3nc(N(C)CC(N)=O)nc4scc(-c5ccccc5)c34)CC2)C1. The zero-order valence-corrected chi connectivity index (χ0v) is 22.4. The van der Waals surface area contributed by atoms with Crippen LogP contribution in [0.1, 0.15) is 19.3 Å². The Balaban J connectivity index is 1.40. The summed E-state index contributed by atoms with van der Waals surface area (Å²) in [6.07, 6.45) is 3.57. The second kappa shape index (κ2) is 10.7. The van der Waals surface area contributed by atoms with Crippen LogP contribution in [0.4, 0.5) is 11.8 Å². The van der Waals surface area contributed by atoms with Gasteiger partial charge in [0.15, 0.2) is 0 Å². The molecule has 0 spiro atoms. The van der Waals surface area contributed by atoms with E-state index in [9.17, 15) is 4.79 Å². The Kier molecular flexibility index (Phi) is 7.41.